The number of hydrogen-bond donors (Lipinski definition) is 2. The molecule has 1 amide bonds. The van der Waals surface area contributed by atoms with Gasteiger partial charge in [0.25, 0.3) is 17.2 Å². The van der Waals surface area contributed by atoms with Crippen molar-refractivity contribution in [3.8, 4) is 0 Å². The van der Waals surface area contributed by atoms with Crippen molar-refractivity contribution >= 4 is 40.0 Å². The second kappa shape index (κ2) is 7.97. The number of amides is 1. The smallest absolute Gasteiger partial charge is 0.268 e. The van der Waals surface area contributed by atoms with Crippen molar-refractivity contribution in [3.63, 3.8) is 0 Å². The number of carbonyl (C=O) groups excluding carboxylic acids is 1. The maximum Gasteiger partial charge on any atom is 0.268 e. The number of halogens is 2. The van der Waals surface area contributed by atoms with Crippen LogP contribution < -0.4 is 9.62 Å². The first kappa shape index (κ1) is 19.6. The van der Waals surface area contributed by atoms with Crippen LogP contribution in [-0.2, 0) is 11.3 Å². The van der Waals surface area contributed by atoms with Crippen LogP contribution in [0.4, 0.5) is 26.0 Å². The van der Waals surface area contributed by atoms with Gasteiger partial charge in [0.05, 0.1) is 11.9 Å². The lowest BCUT2D eigenvalue weighted by Gasteiger charge is -2.19. The molecule has 0 radical (unpaired) electrons. The van der Waals surface area contributed by atoms with E-state index >= 15 is 0 Å². The summed E-state index contributed by atoms with van der Waals surface area (Å²) in [6.07, 6.45) is 2.67. The average molecular weight is 429 g/mol. The Morgan fingerprint density at radius 2 is 1.90 bits per heavy atom. The molecule has 0 aliphatic carbocycles. The zero-order valence-electron chi connectivity index (χ0n) is 15.1. The van der Waals surface area contributed by atoms with E-state index in [0.717, 1.165) is 18.2 Å². The van der Waals surface area contributed by atoms with Crippen LogP contribution in [-0.4, -0.2) is 29.3 Å². The first-order chi connectivity index (χ1) is 14.4. The van der Waals surface area contributed by atoms with Crippen molar-refractivity contribution in [1.82, 2.24) is 14.6 Å². The Morgan fingerprint density at radius 3 is 2.63 bits per heavy atom. The molecular formula is C19H13F2N5O3S. The fourth-order valence-corrected chi connectivity index (χ4v) is 3.35. The minimum Gasteiger partial charge on any atom is -0.322 e. The highest BCUT2D eigenvalue weighted by Crippen LogP contribution is 2.29. The Bertz CT molecular complexity index is 1270. The molecule has 1 atom stereocenters. The van der Waals surface area contributed by atoms with Gasteiger partial charge in [0.2, 0.25) is 0 Å². The Balaban J connectivity index is 1.77. The predicted molar refractivity (Wildman–Crippen MR) is 107 cm³/mol. The molecule has 2 N–H and O–H groups in total. The van der Waals surface area contributed by atoms with Gasteiger partial charge in [-0.15, -0.1) is 0 Å². The minimum absolute atomic E-state index is 0.0631. The maximum absolute atomic E-state index is 14.2. The van der Waals surface area contributed by atoms with Crippen LogP contribution in [0, 0.1) is 11.6 Å². The van der Waals surface area contributed by atoms with Gasteiger partial charge < -0.3 is 5.32 Å². The van der Waals surface area contributed by atoms with Gasteiger partial charge in [0.1, 0.15) is 17.2 Å². The van der Waals surface area contributed by atoms with E-state index in [1.165, 1.54) is 23.0 Å². The molecule has 2 aromatic carbocycles. The lowest BCUT2D eigenvalue weighted by molar-refractivity contribution is 0.102. The average Bonchev–Trinajstić information content (AvgIpc) is 3.15. The fourth-order valence-electron chi connectivity index (χ4n) is 2.78. The number of fused-ring (bicyclic) bond motifs is 1. The molecule has 2 heterocycles. The number of aromatic nitrogens is 3. The Morgan fingerprint density at radius 1 is 1.13 bits per heavy atom. The number of para-hydroxylation sites is 1. The number of rotatable bonds is 5. The summed E-state index contributed by atoms with van der Waals surface area (Å²) in [5.41, 5.74) is 0.220. The van der Waals surface area contributed by atoms with Crippen molar-refractivity contribution in [3.05, 3.63) is 84.2 Å². The van der Waals surface area contributed by atoms with E-state index in [2.05, 4.69) is 15.4 Å². The van der Waals surface area contributed by atoms with E-state index in [1.807, 2.05) is 0 Å². The van der Waals surface area contributed by atoms with Crippen LogP contribution in [0.15, 0.2) is 67.0 Å². The second-order valence-electron chi connectivity index (χ2n) is 6.05. The van der Waals surface area contributed by atoms with Crippen LogP contribution >= 0.6 is 0 Å². The number of nitrogens with one attached hydrogen (secondary N) is 1. The number of nitrogens with zero attached hydrogens (tertiary/aromatic N) is 4. The molecule has 4 aromatic rings. The summed E-state index contributed by atoms with van der Waals surface area (Å²) < 4.78 is 51.3. The van der Waals surface area contributed by atoms with Gasteiger partial charge in [0, 0.05) is 24.0 Å². The van der Waals surface area contributed by atoms with E-state index in [0.29, 0.717) is 9.99 Å². The molecule has 0 bridgehead atoms. The van der Waals surface area contributed by atoms with E-state index < -0.39 is 34.5 Å². The molecule has 0 saturated carbocycles. The second-order valence-corrected chi connectivity index (χ2v) is 6.88. The van der Waals surface area contributed by atoms with Gasteiger partial charge in [0.15, 0.2) is 11.5 Å². The Labute approximate surface area is 171 Å². The lowest BCUT2D eigenvalue weighted by Crippen LogP contribution is -2.22. The third kappa shape index (κ3) is 3.75. The first-order valence-electron chi connectivity index (χ1n) is 8.51. The predicted octanol–water partition coefficient (Wildman–Crippen LogP) is 3.53. The largest absolute Gasteiger partial charge is 0.322 e. The minimum atomic E-state index is -2.77. The SMILES string of the molecule is O=C(Nc1ccccc1)c1cnn2ccc(N(c3cc(F)ccc3F)S(=O)O)nc12. The van der Waals surface area contributed by atoms with Gasteiger partial charge >= 0.3 is 0 Å². The van der Waals surface area contributed by atoms with Crippen molar-refractivity contribution in [1.29, 1.82) is 0 Å². The summed E-state index contributed by atoms with van der Waals surface area (Å²) in [6.45, 7) is 0. The molecule has 0 aliphatic heterocycles. The van der Waals surface area contributed by atoms with Crippen molar-refractivity contribution in [2.45, 2.75) is 0 Å². The number of benzene rings is 2. The molecular weight excluding hydrogens is 416 g/mol. The number of carbonyl (C=O) groups is 1. The molecule has 4 rings (SSSR count). The normalized spacial score (nSPS) is 12.0. The van der Waals surface area contributed by atoms with Crippen LogP contribution in [0.2, 0.25) is 0 Å². The first-order valence-corrected chi connectivity index (χ1v) is 9.57. The van der Waals surface area contributed by atoms with E-state index in [-0.39, 0.29) is 17.0 Å². The Hall–Kier alpha value is -3.70. The van der Waals surface area contributed by atoms with Crippen LogP contribution in [0.3, 0.4) is 0 Å². The zero-order valence-corrected chi connectivity index (χ0v) is 15.9. The maximum atomic E-state index is 14.2. The van der Waals surface area contributed by atoms with Crippen molar-refractivity contribution in [2.24, 2.45) is 0 Å². The molecule has 0 saturated heterocycles. The summed E-state index contributed by atoms with van der Waals surface area (Å²) in [7, 11) is 0. The molecule has 8 nitrogen and oxygen atoms in total. The van der Waals surface area contributed by atoms with E-state index in [9.17, 15) is 22.3 Å². The Kier molecular flexibility index (Phi) is 5.21. The summed E-state index contributed by atoms with van der Waals surface area (Å²) in [6, 6.07) is 12.5. The quantitative estimate of drug-likeness (QED) is 0.473. The number of hydrogen-bond acceptors (Lipinski definition) is 4. The standard InChI is InChI=1S/C19H13F2N5O3S/c20-12-6-7-15(21)16(10-12)26(30(28)29)17-8-9-25-18(24-17)14(11-22-25)19(27)23-13-4-2-1-3-5-13/h1-11H,(H,23,27)(H,28,29). The summed E-state index contributed by atoms with van der Waals surface area (Å²) in [5, 5.41) is 6.72. The fraction of sp³-hybridized carbons (Fsp3) is 0. The number of anilines is 3. The van der Waals surface area contributed by atoms with Crippen LogP contribution in [0.1, 0.15) is 10.4 Å². The molecule has 30 heavy (non-hydrogen) atoms. The molecule has 11 heteroatoms. The van der Waals surface area contributed by atoms with Crippen LogP contribution in [0.5, 0.6) is 0 Å². The summed E-state index contributed by atoms with van der Waals surface area (Å²) in [4.78, 5) is 16.8. The van der Waals surface area contributed by atoms with Gasteiger partial charge in [-0.25, -0.2) is 26.8 Å². The molecule has 0 fully saturated rings. The van der Waals surface area contributed by atoms with E-state index in [4.69, 9.17) is 0 Å². The topological polar surface area (TPSA) is 99.8 Å². The van der Waals surface area contributed by atoms with Gasteiger partial charge in [-0.2, -0.15) is 5.10 Å². The monoisotopic (exact) mass is 429 g/mol. The van der Waals surface area contributed by atoms with Crippen molar-refractivity contribution < 1.29 is 22.3 Å². The third-order valence-corrected chi connectivity index (χ3v) is 4.82. The molecule has 152 valence electrons. The molecule has 0 spiro atoms. The van der Waals surface area contributed by atoms with Crippen molar-refractivity contribution in [2.75, 3.05) is 9.62 Å². The highest BCUT2D eigenvalue weighted by Gasteiger charge is 2.23. The van der Waals surface area contributed by atoms with Crippen LogP contribution in [0.25, 0.3) is 5.65 Å². The summed E-state index contributed by atoms with van der Waals surface area (Å²) >= 11 is -2.77. The molecule has 2 aromatic heterocycles. The van der Waals surface area contributed by atoms with Gasteiger partial charge in [-0.1, -0.05) is 18.2 Å². The highest BCUT2D eigenvalue weighted by atomic mass is 32.2. The highest BCUT2D eigenvalue weighted by molar-refractivity contribution is 7.81. The van der Waals surface area contributed by atoms with Gasteiger partial charge in [-0.3, -0.25) is 9.35 Å². The van der Waals surface area contributed by atoms with E-state index in [1.54, 1.807) is 30.3 Å². The molecule has 0 aliphatic rings. The van der Waals surface area contributed by atoms with Gasteiger partial charge in [-0.05, 0) is 24.3 Å². The molecule has 1 unspecified atom stereocenters. The third-order valence-electron chi connectivity index (χ3n) is 4.12. The lowest BCUT2D eigenvalue weighted by atomic mass is 10.2. The summed E-state index contributed by atoms with van der Waals surface area (Å²) in [5.74, 6) is -2.40. The zero-order chi connectivity index (χ0) is 21.3.